The molecule has 2 aromatic carbocycles. The number of thiophene rings is 1. The summed E-state index contributed by atoms with van der Waals surface area (Å²) in [5, 5.41) is 3.74. The van der Waals surface area contributed by atoms with Crippen LogP contribution in [0.3, 0.4) is 0 Å². The molecule has 0 N–H and O–H groups in total. The molecule has 0 aliphatic heterocycles. The molecule has 0 bridgehead atoms. The predicted octanol–water partition coefficient (Wildman–Crippen LogP) is 5.44. The van der Waals surface area contributed by atoms with Crippen LogP contribution in [-0.2, 0) is 0 Å². The fourth-order valence-electron chi connectivity index (χ4n) is 1.97. The van der Waals surface area contributed by atoms with Crippen molar-refractivity contribution in [3.63, 3.8) is 0 Å². The molecule has 1 nitrogen and oxygen atoms in total. The lowest BCUT2D eigenvalue weighted by Gasteiger charge is -2.03. The molecule has 0 atom stereocenters. The van der Waals surface area contributed by atoms with Crippen LogP contribution in [-0.4, -0.2) is 5.78 Å². The van der Waals surface area contributed by atoms with E-state index in [1.807, 2.05) is 29.6 Å². The summed E-state index contributed by atoms with van der Waals surface area (Å²) in [6.45, 7) is 0. The standard InChI is InChI=1S/C15H8Cl2OS/c16-9-5-6-11(13(17)7-9)15(18)12-8-19-14-4-2-1-3-10(12)14/h1-8H. The second kappa shape index (κ2) is 4.97. The maximum absolute atomic E-state index is 12.5. The molecule has 0 saturated heterocycles. The van der Waals surface area contributed by atoms with Crippen molar-refractivity contribution in [3.05, 3.63) is 69.0 Å². The number of ketones is 1. The molecule has 19 heavy (non-hydrogen) atoms. The minimum atomic E-state index is -0.0703. The Hall–Kier alpha value is -1.35. The van der Waals surface area contributed by atoms with E-state index in [0.29, 0.717) is 21.2 Å². The quantitative estimate of drug-likeness (QED) is 0.576. The maximum atomic E-state index is 12.5. The van der Waals surface area contributed by atoms with Gasteiger partial charge < -0.3 is 0 Å². The van der Waals surface area contributed by atoms with Crippen LogP contribution in [0.15, 0.2) is 47.8 Å². The highest BCUT2D eigenvalue weighted by atomic mass is 35.5. The SMILES string of the molecule is O=C(c1ccc(Cl)cc1Cl)c1csc2ccccc12. The summed E-state index contributed by atoms with van der Waals surface area (Å²) in [6, 6.07) is 12.8. The second-order valence-corrected chi connectivity index (χ2v) is 5.85. The summed E-state index contributed by atoms with van der Waals surface area (Å²) < 4.78 is 1.09. The maximum Gasteiger partial charge on any atom is 0.195 e. The number of carbonyl (C=O) groups excluding carboxylic acids is 1. The normalized spacial score (nSPS) is 10.8. The molecule has 3 rings (SSSR count). The van der Waals surface area contributed by atoms with Crippen LogP contribution in [0, 0.1) is 0 Å². The Morgan fingerprint density at radius 3 is 2.58 bits per heavy atom. The molecule has 1 heterocycles. The number of rotatable bonds is 2. The summed E-state index contributed by atoms with van der Waals surface area (Å²) in [4.78, 5) is 12.5. The van der Waals surface area contributed by atoms with Gasteiger partial charge in [0.2, 0.25) is 0 Å². The van der Waals surface area contributed by atoms with Crippen LogP contribution in [0.2, 0.25) is 10.0 Å². The van der Waals surface area contributed by atoms with Gasteiger partial charge in [0.25, 0.3) is 0 Å². The second-order valence-electron chi connectivity index (χ2n) is 4.10. The van der Waals surface area contributed by atoms with E-state index in [9.17, 15) is 4.79 Å². The zero-order valence-corrected chi connectivity index (χ0v) is 12.0. The highest BCUT2D eigenvalue weighted by molar-refractivity contribution is 7.17. The molecule has 1 aromatic heterocycles. The van der Waals surface area contributed by atoms with E-state index >= 15 is 0 Å². The van der Waals surface area contributed by atoms with Crippen LogP contribution >= 0.6 is 34.5 Å². The highest BCUT2D eigenvalue weighted by Gasteiger charge is 2.16. The van der Waals surface area contributed by atoms with Crippen molar-refractivity contribution in [1.82, 2.24) is 0 Å². The fourth-order valence-corrected chi connectivity index (χ4v) is 3.41. The van der Waals surface area contributed by atoms with E-state index in [0.717, 1.165) is 10.1 Å². The lowest BCUT2D eigenvalue weighted by Crippen LogP contribution is -2.01. The van der Waals surface area contributed by atoms with Gasteiger partial charge in [0, 0.05) is 31.6 Å². The van der Waals surface area contributed by atoms with Gasteiger partial charge in [-0.15, -0.1) is 11.3 Å². The molecule has 3 aromatic rings. The summed E-state index contributed by atoms with van der Waals surface area (Å²) in [5.74, 6) is -0.0703. The van der Waals surface area contributed by atoms with Crippen LogP contribution in [0.1, 0.15) is 15.9 Å². The van der Waals surface area contributed by atoms with Crippen LogP contribution in [0.25, 0.3) is 10.1 Å². The first-order valence-electron chi connectivity index (χ1n) is 5.63. The molecule has 0 aliphatic rings. The molecule has 94 valence electrons. The molecule has 0 radical (unpaired) electrons. The van der Waals surface area contributed by atoms with Gasteiger partial charge in [-0.05, 0) is 24.3 Å². The van der Waals surface area contributed by atoms with Gasteiger partial charge in [-0.3, -0.25) is 4.79 Å². The van der Waals surface area contributed by atoms with Gasteiger partial charge >= 0.3 is 0 Å². The van der Waals surface area contributed by atoms with Crippen LogP contribution in [0.5, 0.6) is 0 Å². The van der Waals surface area contributed by atoms with Gasteiger partial charge in [-0.25, -0.2) is 0 Å². The topological polar surface area (TPSA) is 17.1 Å². The number of fused-ring (bicyclic) bond motifs is 1. The van der Waals surface area contributed by atoms with E-state index in [-0.39, 0.29) is 5.78 Å². The van der Waals surface area contributed by atoms with Crippen LogP contribution in [0.4, 0.5) is 0 Å². The lowest BCUT2D eigenvalue weighted by atomic mass is 10.0. The molecule has 4 heteroatoms. The Morgan fingerprint density at radius 1 is 1.00 bits per heavy atom. The number of halogens is 2. The first-order chi connectivity index (χ1) is 9.16. The van der Waals surface area contributed by atoms with Crippen molar-refractivity contribution in [2.45, 2.75) is 0 Å². The molecule has 0 fully saturated rings. The highest BCUT2D eigenvalue weighted by Crippen LogP contribution is 2.30. The van der Waals surface area contributed by atoms with E-state index in [1.54, 1.807) is 29.5 Å². The van der Waals surface area contributed by atoms with Gasteiger partial charge in [0.1, 0.15) is 0 Å². The number of hydrogen-bond donors (Lipinski definition) is 0. The zero-order chi connectivity index (χ0) is 13.4. The van der Waals surface area contributed by atoms with Crippen LogP contribution < -0.4 is 0 Å². The van der Waals surface area contributed by atoms with Crippen molar-refractivity contribution in [3.8, 4) is 0 Å². The Balaban J connectivity index is 2.13. The third-order valence-electron chi connectivity index (χ3n) is 2.90. The Bertz CT molecular complexity index is 777. The van der Waals surface area contributed by atoms with Gasteiger partial charge in [-0.1, -0.05) is 41.4 Å². The average molecular weight is 307 g/mol. The third kappa shape index (κ3) is 2.27. The summed E-state index contributed by atoms with van der Waals surface area (Å²) in [7, 11) is 0. The van der Waals surface area contributed by atoms with Gasteiger partial charge in [0.15, 0.2) is 5.78 Å². The van der Waals surface area contributed by atoms with E-state index in [4.69, 9.17) is 23.2 Å². The molecular weight excluding hydrogens is 299 g/mol. The van der Waals surface area contributed by atoms with Crippen molar-refractivity contribution in [2.24, 2.45) is 0 Å². The summed E-state index contributed by atoms with van der Waals surface area (Å²) in [6.07, 6.45) is 0. The molecule has 0 aliphatic carbocycles. The molecule has 0 amide bonds. The smallest absolute Gasteiger partial charge is 0.195 e. The minimum absolute atomic E-state index is 0.0703. The minimum Gasteiger partial charge on any atom is -0.289 e. The van der Waals surface area contributed by atoms with Gasteiger partial charge in [0.05, 0.1) is 5.02 Å². The van der Waals surface area contributed by atoms with Crippen molar-refractivity contribution < 1.29 is 4.79 Å². The first-order valence-corrected chi connectivity index (χ1v) is 7.26. The fraction of sp³-hybridized carbons (Fsp3) is 0. The third-order valence-corrected chi connectivity index (χ3v) is 4.41. The number of hydrogen-bond acceptors (Lipinski definition) is 2. The molecule has 0 saturated carbocycles. The van der Waals surface area contributed by atoms with E-state index in [2.05, 4.69) is 0 Å². The largest absolute Gasteiger partial charge is 0.289 e. The lowest BCUT2D eigenvalue weighted by molar-refractivity contribution is 0.104. The average Bonchev–Trinajstić information content (AvgIpc) is 2.82. The Labute approximate surface area is 124 Å². The zero-order valence-electron chi connectivity index (χ0n) is 9.69. The van der Waals surface area contributed by atoms with E-state index in [1.165, 1.54) is 0 Å². The summed E-state index contributed by atoms with van der Waals surface area (Å²) in [5.41, 5.74) is 1.17. The molecule has 0 spiro atoms. The Morgan fingerprint density at radius 2 is 1.79 bits per heavy atom. The predicted molar refractivity (Wildman–Crippen MR) is 81.7 cm³/mol. The Kier molecular flexibility index (Phi) is 3.31. The van der Waals surface area contributed by atoms with Crippen molar-refractivity contribution in [2.75, 3.05) is 0 Å². The van der Waals surface area contributed by atoms with Gasteiger partial charge in [-0.2, -0.15) is 0 Å². The monoisotopic (exact) mass is 306 g/mol. The molecule has 0 unspecified atom stereocenters. The number of benzene rings is 2. The first kappa shape index (κ1) is 12.7. The van der Waals surface area contributed by atoms with E-state index < -0.39 is 0 Å². The summed E-state index contributed by atoms with van der Waals surface area (Å²) >= 11 is 13.5. The van der Waals surface area contributed by atoms with Crippen molar-refractivity contribution in [1.29, 1.82) is 0 Å². The van der Waals surface area contributed by atoms with Crippen molar-refractivity contribution >= 4 is 50.4 Å². The number of carbonyl (C=O) groups is 1. The molecular formula is C15H8Cl2OS.